The third-order valence-electron chi connectivity index (χ3n) is 1.41. The molecule has 0 atom stereocenters. The minimum absolute atomic E-state index is 0. The van der Waals surface area contributed by atoms with Crippen LogP contribution < -0.4 is 30.6 Å². The summed E-state index contributed by atoms with van der Waals surface area (Å²) in [6.45, 7) is -1.65. The van der Waals surface area contributed by atoms with Crippen LogP contribution in [0.2, 0.25) is 0 Å². The predicted octanol–water partition coefficient (Wildman–Crippen LogP) is -6.39. The van der Waals surface area contributed by atoms with Crippen molar-refractivity contribution in [1.29, 1.82) is 0 Å². The van der Waals surface area contributed by atoms with E-state index in [1.165, 1.54) is 0 Å². The van der Waals surface area contributed by atoms with E-state index in [1.54, 1.807) is 0 Å². The van der Waals surface area contributed by atoms with Crippen molar-refractivity contribution < 1.29 is 80.5 Å². The summed E-state index contributed by atoms with van der Waals surface area (Å²) in [5.74, 6) is 0. The van der Waals surface area contributed by atoms with E-state index in [4.69, 9.17) is 0 Å². The zero-order valence-corrected chi connectivity index (χ0v) is 20.2. The molecule has 0 heterocycles. The minimum Gasteiger partial charge on any atom is -0.854 e. The standard InChI is InChI=1S/6C3H5O2.W/c6*4-2-1-3-5;/h6*2H,1,3H2;/q6*-1;+6. The molecule has 180 valence electrons. The van der Waals surface area contributed by atoms with Crippen LogP contribution in [0.4, 0.5) is 0 Å². The Kier molecular flexibility index (Phi) is 121. The van der Waals surface area contributed by atoms with Crippen LogP contribution in [0.5, 0.6) is 0 Å². The van der Waals surface area contributed by atoms with Crippen LogP contribution in [0.3, 0.4) is 0 Å². The van der Waals surface area contributed by atoms with Gasteiger partial charge in [0.25, 0.3) is 0 Å². The molecule has 0 aromatic rings. The van der Waals surface area contributed by atoms with Gasteiger partial charge in [-0.2, -0.15) is 0 Å². The molecule has 0 aliphatic carbocycles. The van der Waals surface area contributed by atoms with Gasteiger partial charge in [0, 0.05) is 0 Å². The van der Waals surface area contributed by atoms with E-state index < -0.39 is 0 Å². The number of hydrogen-bond donors (Lipinski definition) is 0. The van der Waals surface area contributed by atoms with Crippen LogP contribution >= 0.6 is 0 Å². The Morgan fingerprint density at radius 2 is 0.419 bits per heavy atom. The number of carbonyl (C=O) groups is 6. The second kappa shape index (κ2) is 79.2. The third kappa shape index (κ3) is 182. The molecule has 0 bridgehead atoms. The average Bonchev–Trinajstić information content (AvgIpc) is 2.74. The van der Waals surface area contributed by atoms with Crippen molar-refractivity contribution in [1.82, 2.24) is 0 Å². The second-order valence-corrected chi connectivity index (χ2v) is 3.96. The summed E-state index contributed by atoms with van der Waals surface area (Å²) in [7, 11) is 0. The largest absolute Gasteiger partial charge is 6.00 e. The monoisotopic (exact) mass is 622 g/mol. The molecule has 0 radical (unpaired) electrons. The zero-order valence-electron chi connectivity index (χ0n) is 17.3. The first kappa shape index (κ1) is 47.3. The molecule has 0 saturated heterocycles. The molecule has 0 spiro atoms. The molecule has 0 saturated carbocycles. The SMILES string of the molecule is O=CCC[O-].O=CCC[O-].O=CCC[O-].O=CCC[O-].O=CCC[O-].O=CCC[O-].[W+6]. The van der Waals surface area contributed by atoms with Crippen LogP contribution in [0.25, 0.3) is 0 Å². The van der Waals surface area contributed by atoms with Crippen molar-refractivity contribution in [2.75, 3.05) is 39.6 Å². The molecule has 31 heavy (non-hydrogen) atoms. The molecule has 0 aliphatic heterocycles. The molecule has 13 heteroatoms. The van der Waals surface area contributed by atoms with Gasteiger partial charge in [-0.05, 0) is 38.5 Å². The van der Waals surface area contributed by atoms with E-state index in [9.17, 15) is 59.4 Å². The van der Waals surface area contributed by atoms with Crippen molar-refractivity contribution in [2.45, 2.75) is 38.5 Å². The fourth-order valence-corrected chi connectivity index (χ4v) is 0.289. The maximum atomic E-state index is 9.30. The van der Waals surface area contributed by atoms with Crippen LogP contribution in [-0.4, -0.2) is 77.4 Å². The quantitative estimate of drug-likeness (QED) is 0.185. The number of carbonyl (C=O) groups excluding carboxylic acids is 6. The fourth-order valence-electron chi connectivity index (χ4n) is 0.289. The summed E-state index contributed by atoms with van der Waals surface area (Å²) in [6, 6.07) is 0. The van der Waals surface area contributed by atoms with Crippen molar-refractivity contribution in [3.8, 4) is 0 Å². The maximum absolute atomic E-state index is 9.30. The number of hydrogen-bond acceptors (Lipinski definition) is 12. The first-order valence-corrected chi connectivity index (χ1v) is 8.60. The van der Waals surface area contributed by atoms with Crippen molar-refractivity contribution in [3.63, 3.8) is 0 Å². The molecular weight excluding hydrogens is 592 g/mol. The van der Waals surface area contributed by atoms with Gasteiger partial charge in [0.1, 0.15) is 37.7 Å². The third-order valence-corrected chi connectivity index (χ3v) is 1.41. The predicted molar refractivity (Wildman–Crippen MR) is 93.3 cm³/mol. The van der Waals surface area contributed by atoms with Gasteiger partial charge in [-0.3, -0.25) is 0 Å². The molecular formula is C18H30O12W. The van der Waals surface area contributed by atoms with Crippen LogP contribution in [0.15, 0.2) is 0 Å². The van der Waals surface area contributed by atoms with E-state index in [0.29, 0.717) is 37.7 Å². The van der Waals surface area contributed by atoms with Gasteiger partial charge < -0.3 is 59.4 Å². The van der Waals surface area contributed by atoms with Crippen LogP contribution in [0.1, 0.15) is 38.5 Å². The van der Waals surface area contributed by atoms with Crippen molar-refractivity contribution in [2.24, 2.45) is 0 Å². The molecule has 0 amide bonds. The van der Waals surface area contributed by atoms with Gasteiger partial charge >= 0.3 is 21.1 Å². The van der Waals surface area contributed by atoms with Crippen LogP contribution in [0, 0.1) is 0 Å². The Hall–Kier alpha value is -1.53. The number of aldehydes is 6. The Bertz CT molecular complexity index is 240. The van der Waals surface area contributed by atoms with Crippen molar-refractivity contribution in [3.05, 3.63) is 0 Å². The summed E-state index contributed by atoms with van der Waals surface area (Å²) in [5.41, 5.74) is 0. The average molecular weight is 622 g/mol. The molecule has 12 nitrogen and oxygen atoms in total. The van der Waals surface area contributed by atoms with Crippen LogP contribution in [-0.2, 0) is 49.8 Å². The first-order valence-electron chi connectivity index (χ1n) is 8.60. The molecule has 0 fully saturated rings. The Labute approximate surface area is 196 Å². The van der Waals surface area contributed by atoms with E-state index in [-0.39, 0.29) is 99.2 Å². The Morgan fingerprint density at radius 1 is 0.323 bits per heavy atom. The fraction of sp³-hybridized carbons (Fsp3) is 0.667. The Balaban J connectivity index is -0.0000000443. The molecule has 0 unspecified atom stereocenters. The topological polar surface area (TPSA) is 241 Å². The summed E-state index contributed by atoms with van der Waals surface area (Å²) in [5, 5.41) is 55.8. The normalized spacial score (nSPS) is 7.16. The van der Waals surface area contributed by atoms with Gasteiger partial charge in [0.15, 0.2) is 0 Å². The molecule has 0 aromatic heterocycles. The molecule has 0 N–H and O–H groups in total. The van der Waals surface area contributed by atoms with Gasteiger partial charge in [0.2, 0.25) is 0 Å². The Morgan fingerprint density at radius 3 is 0.419 bits per heavy atom. The van der Waals surface area contributed by atoms with Gasteiger partial charge in [-0.15, -0.1) is 39.6 Å². The van der Waals surface area contributed by atoms with Crippen molar-refractivity contribution >= 4 is 37.7 Å². The first-order chi connectivity index (χ1) is 14.5. The van der Waals surface area contributed by atoms with E-state index in [1.807, 2.05) is 0 Å². The van der Waals surface area contributed by atoms with E-state index in [0.717, 1.165) is 0 Å². The van der Waals surface area contributed by atoms with Gasteiger partial charge in [0.05, 0.1) is 0 Å². The van der Waals surface area contributed by atoms with Gasteiger partial charge in [-0.1, -0.05) is 0 Å². The summed E-state index contributed by atoms with van der Waals surface area (Å²) in [6.07, 6.45) is 4.62. The molecule has 0 rings (SSSR count). The van der Waals surface area contributed by atoms with Gasteiger partial charge in [-0.25, -0.2) is 0 Å². The molecule has 0 aliphatic rings. The second-order valence-electron chi connectivity index (χ2n) is 3.96. The number of rotatable bonds is 12. The summed E-state index contributed by atoms with van der Waals surface area (Å²) in [4.78, 5) is 55.2. The molecule has 0 aromatic carbocycles. The maximum Gasteiger partial charge on any atom is 6.00 e. The smallest absolute Gasteiger partial charge is 0.854 e. The summed E-state index contributed by atoms with van der Waals surface area (Å²) < 4.78 is 0. The van der Waals surface area contributed by atoms with E-state index in [2.05, 4.69) is 0 Å². The minimum atomic E-state index is -0.274. The van der Waals surface area contributed by atoms with E-state index >= 15 is 0 Å². The summed E-state index contributed by atoms with van der Waals surface area (Å²) >= 11 is 0. The zero-order chi connectivity index (χ0) is 24.7.